The Balaban J connectivity index is 1.74. The van der Waals surface area contributed by atoms with Crippen molar-refractivity contribution >= 4 is 50.8 Å². The molecule has 1 aliphatic rings. The second-order valence-electron chi connectivity index (χ2n) is 7.13. The lowest BCUT2D eigenvalue weighted by molar-refractivity contribution is -0.135. The van der Waals surface area contributed by atoms with Crippen LogP contribution >= 0.6 is 22.6 Å². The molecule has 0 bridgehead atoms. The molecule has 0 spiro atoms. The highest BCUT2D eigenvalue weighted by molar-refractivity contribution is 14.1. The van der Waals surface area contributed by atoms with Crippen LogP contribution in [0.5, 0.6) is 5.75 Å². The molecular weight excluding hydrogens is 481 g/mol. The number of rotatable bonds is 3. The molecule has 0 unspecified atom stereocenters. The van der Waals surface area contributed by atoms with E-state index in [1.165, 1.54) is 26.1 Å². The number of ether oxygens (including phenoxy) is 1. The number of halogens is 1. The Hall–Kier alpha value is -1.99. The van der Waals surface area contributed by atoms with Crippen molar-refractivity contribution < 1.29 is 9.53 Å². The summed E-state index contributed by atoms with van der Waals surface area (Å²) in [5.74, 6) is 0.344. The highest BCUT2D eigenvalue weighted by atomic mass is 127. The van der Waals surface area contributed by atoms with Gasteiger partial charge in [-0.25, -0.2) is 0 Å². The number of carbonyl (C=O) groups is 1. The van der Waals surface area contributed by atoms with E-state index in [1.807, 2.05) is 26.0 Å². The first-order chi connectivity index (χ1) is 13.4. The molecule has 142 valence electrons. The minimum atomic E-state index is -0.552. The molecule has 0 saturated carbocycles. The van der Waals surface area contributed by atoms with Gasteiger partial charge in [-0.05, 0) is 62.4 Å². The summed E-state index contributed by atoms with van der Waals surface area (Å²) in [5.41, 5.74) is 2.46. The molecule has 0 amide bonds. The second-order valence-corrected chi connectivity index (χ2v) is 11.8. The minimum Gasteiger partial charge on any atom is -0.426 e. The van der Waals surface area contributed by atoms with Crippen LogP contribution < -0.4 is 9.64 Å². The summed E-state index contributed by atoms with van der Waals surface area (Å²) in [6.07, 6.45) is 0. The Labute approximate surface area is 182 Å². The number of alkyl halides is 1. The number of carbonyl (C=O) groups excluding carboxylic acids is 1. The number of benzene rings is 3. The summed E-state index contributed by atoms with van der Waals surface area (Å²) in [6, 6.07) is 25.0. The van der Waals surface area contributed by atoms with E-state index in [4.69, 9.17) is 4.74 Å². The lowest BCUT2D eigenvalue weighted by Gasteiger charge is -2.28. The van der Waals surface area contributed by atoms with Gasteiger partial charge in [0.2, 0.25) is 0 Å². The molecule has 28 heavy (non-hydrogen) atoms. The van der Waals surface area contributed by atoms with Crippen molar-refractivity contribution in [1.29, 1.82) is 0 Å². The number of para-hydroxylation sites is 2. The first-order valence-corrected chi connectivity index (χ1v) is 11.3. The van der Waals surface area contributed by atoms with Gasteiger partial charge in [-0.1, -0.05) is 46.9 Å². The zero-order valence-corrected chi connectivity index (χ0v) is 19.0. The quantitative estimate of drug-likeness (QED) is 0.145. The van der Waals surface area contributed by atoms with Gasteiger partial charge in [0.15, 0.2) is 14.7 Å². The van der Waals surface area contributed by atoms with E-state index in [0.29, 0.717) is 5.75 Å². The maximum absolute atomic E-state index is 12.2. The summed E-state index contributed by atoms with van der Waals surface area (Å²) in [6.45, 7) is 3.69. The van der Waals surface area contributed by atoms with Gasteiger partial charge in [-0.3, -0.25) is 4.79 Å². The molecule has 1 heterocycles. The van der Waals surface area contributed by atoms with E-state index in [9.17, 15) is 4.79 Å². The standard InChI is InChI=1S/C23H21INO2S/c1-23(2,24)22(26)27-16-12-14-17(15-13-16)28-20-10-6-4-8-18(20)25(3)19-9-5-7-11-21(19)28/h4-15H,1-3H3/q+1. The number of hydrogen-bond donors (Lipinski definition) is 0. The van der Waals surface area contributed by atoms with Crippen molar-refractivity contribution in [3.8, 4) is 5.75 Å². The van der Waals surface area contributed by atoms with Crippen molar-refractivity contribution in [2.75, 3.05) is 11.9 Å². The Bertz CT molecular complexity index is 980. The molecule has 0 atom stereocenters. The molecule has 3 nitrogen and oxygen atoms in total. The van der Waals surface area contributed by atoms with Gasteiger partial charge in [-0.2, -0.15) is 0 Å². The van der Waals surface area contributed by atoms with Crippen molar-refractivity contribution in [2.24, 2.45) is 0 Å². The van der Waals surface area contributed by atoms with Crippen LogP contribution in [0.15, 0.2) is 87.5 Å². The fourth-order valence-corrected chi connectivity index (χ4v) is 5.71. The summed E-state index contributed by atoms with van der Waals surface area (Å²) < 4.78 is 4.97. The zero-order chi connectivity index (χ0) is 19.9. The Morgan fingerprint density at radius 3 is 1.89 bits per heavy atom. The Kier molecular flexibility index (Phi) is 5.14. The number of nitrogens with zero attached hydrogens (tertiary/aromatic N) is 1. The van der Waals surface area contributed by atoms with E-state index < -0.39 is 3.42 Å². The monoisotopic (exact) mass is 502 g/mol. The van der Waals surface area contributed by atoms with Gasteiger partial charge in [0, 0.05) is 7.05 Å². The molecule has 3 aromatic carbocycles. The molecule has 0 saturated heterocycles. The van der Waals surface area contributed by atoms with E-state index in [-0.39, 0.29) is 16.9 Å². The molecule has 5 heteroatoms. The number of anilines is 2. The van der Waals surface area contributed by atoms with Crippen molar-refractivity contribution in [1.82, 2.24) is 0 Å². The molecule has 0 N–H and O–H groups in total. The average molecular weight is 502 g/mol. The smallest absolute Gasteiger partial charge is 0.326 e. The Morgan fingerprint density at radius 2 is 1.39 bits per heavy atom. The van der Waals surface area contributed by atoms with E-state index in [0.717, 1.165) is 0 Å². The summed E-state index contributed by atoms with van der Waals surface area (Å²) in [7, 11) is 1.92. The van der Waals surface area contributed by atoms with E-state index in [2.05, 4.69) is 95.2 Å². The topological polar surface area (TPSA) is 29.5 Å². The van der Waals surface area contributed by atoms with Crippen LogP contribution in [0.2, 0.25) is 0 Å². The number of esters is 1. The fourth-order valence-electron chi connectivity index (χ4n) is 3.19. The van der Waals surface area contributed by atoms with Crippen LogP contribution in [0.25, 0.3) is 0 Å². The van der Waals surface area contributed by atoms with Crippen LogP contribution in [0.4, 0.5) is 11.4 Å². The first-order valence-electron chi connectivity index (χ1n) is 9.03. The largest absolute Gasteiger partial charge is 0.426 e. The van der Waals surface area contributed by atoms with Crippen LogP contribution in [0, 0.1) is 0 Å². The van der Waals surface area contributed by atoms with Gasteiger partial charge in [0.05, 0.1) is 11.4 Å². The summed E-state index contributed by atoms with van der Waals surface area (Å²) in [5, 5.41) is 0. The van der Waals surface area contributed by atoms with Gasteiger partial charge in [0.25, 0.3) is 0 Å². The third-order valence-electron chi connectivity index (χ3n) is 4.65. The molecule has 0 fully saturated rings. The molecule has 0 aromatic heterocycles. The van der Waals surface area contributed by atoms with Crippen molar-refractivity contribution in [3.05, 3.63) is 72.8 Å². The maximum Gasteiger partial charge on any atom is 0.326 e. The zero-order valence-electron chi connectivity index (χ0n) is 16.0. The lowest BCUT2D eigenvalue weighted by Crippen LogP contribution is -2.28. The van der Waals surface area contributed by atoms with E-state index in [1.54, 1.807) is 0 Å². The predicted molar refractivity (Wildman–Crippen MR) is 123 cm³/mol. The maximum atomic E-state index is 12.2. The summed E-state index contributed by atoms with van der Waals surface area (Å²) in [4.78, 5) is 18.2. The molecule has 0 aliphatic carbocycles. The van der Waals surface area contributed by atoms with E-state index >= 15 is 0 Å². The highest BCUT2D eigenvalue weighted by Crippen LogP contribution is 2.47. The first kappa shape index (κ1) is 19.3. The van der Waals surface area contributed by atoms with Gasteiger partial charge >= 0.3 is 5.97 Å². The second kappa shape index (κ2) is 7.44. The summed E-state index contributed by atoms with van der Waals surface area (Å²) >= 11 is 2.10. The van der Waals surface area contributed by atoms with Crippen molar-refractivity contribution in [3.63, 3.8) is 0 Å². The predicted octanol–water partition coefficient (Wildman–Crippen LogP) is 5.98. The fraction of sp³-hybridized carbons (Fsp3) is 0.174. The number of hydrogen-bond acceptors (Lipinski definition) is 3. The molecule has 1 aliphatic heterocycles. The third-order valence-corrected chi connectivity index (χ3v) is 7.40. The molecule has 3 aromatic rings. The van der Waals surface area contributed by atoms with Gasteiger partial charge < -0.3 is 9.64 Å². The van der Waals surface area contributed by atoms with Crippen LogP contribution in [0.3, 0.4) is 0 Å². The van der Waals surface area contributed by atoms with Gasteiger partial charge in [-0.15, -0.1) is 0 Å². The minimum absolute atomic E-state index is 0.200. The number of fused-ring (bicyclic) bond motifs is 2. The third kappa shape index (κ3) is 3.53. The lowest BCUT2D eigenvalue weighted by atomic mass is 10.2. The van der Waals surface area contributed by atoms with Crippen LogP contribution in [0.1, 0.15) is 13.8 Å². The van der Waals surface area contributed by atoms with Crippen LogP contribution in [-0.4, -0.2) is 16.4 Å². The van der Waals surface area contributed by atoms with Crippen molar-refractivity contribution in [2.45, 2.75) is 32.0 Å². The normalized spacial score (nSPS) is 13.6. The van der Waals surface area contributed by atoms with Crippen LogP contribution in [-0.2, 0) is 15.7 Å². The average Bonchev–Trinajstić information content (AvgIpc) is 2.69. The SMILES string of the molecule is CN1c2ccccc2[S+](c2ccc(OC(=O)C(C)(C)I)cc2)c2ccccc21. The Morgan fingerprint density at radius 1 is 0.893 bits per heavy atom. The molecule has 0 radical (unpaired) electrons. The molecular formula is C23H21INO2S+. The van der Waals surface area contributed by atoms with Gasteiger partial charge in [0.1, 0.15) is 20.1 Å². The highest BCUT2D eigenvalue weighted by Gasteiger charge is 2.39. The molecule has 4 rings (SSSR count).